The molecular weight excluding hydrogens is 250 g/mol. The van der Waals surface area contributed by atoms with E-state index in [1.807, 2.05) is 19.9 Å². The van der Waals surface area contributed by atoms with E-state index in [1.165, 1.54) is 0 Å². The van der Waals surface area contributed by atoms with Crippen LogP contribution >= 0.6 is 11.3 Å². The van der Waals surface area contributed by atoms with E-state index < -0.39 is 11.5 Å². The Hall–Kier alpha value is -1.36. The minimum absolute atomic E-state index is 0.0546. The molecule has 0 bridgehead atoms. The molecule has 0 saturated heterocycles. The number of hydrogen-bond donors (Lipinski definition) is 2. The molecule has 5 heteroatoms. The Morgan fingerprint density at radius 2 is 2.06 bits per heavy atom. The molecule has 98 valence electrons. The van der Waals surface area contributed by atoms with Crippen molar-refractivity contribution in [2.75, 3.05) is 0 Å². The van der Waals surface area contributed by atoms with E-state index in [1.54, 1.807) is 18.3 Å². The van der Waals surface area contributed by atoms with Gasteiger partial charge < -0.3 is 10.4 Å². The molecular formula is C13H17NO3S. The second-order valence-electron chi connectivity index (χ2n) is 5.06. The first-order chi connectivity index (χ1) is 8.34. The predicted molar refractivity (Wildman–Crippen MR) is 70.0 cm³/mol. The largest absolute Gasteiger partial charge is 0.480 e. The number of nitrogens with one attached hydrogen (secondary N) is 1. The fourth-order valence-corrected chi connectivity index (χ4v) is 3.07. The standard InChI is InChI=1S/C13H17NO3S/c1-7-6-10(8(2)18-7)11(15)14-13(3,12(16)17)9-4-5-9/h6,9H,4-5H2,1-3H3,(H,14,15)(H,16,17). The van der Waals surface area contributed by atoms with Crippen molar-refractivity contribution < 1.29 is 14.7 Å². The van der Waals surface area contributed by atoms with Gasteiger partial charge in [0.1, 0.15) is 5.54 Å². The van der Waals surface area contributed by atoms with Gasteiger partial charge in [-0.3, -0.25) is 4.79 Å². The predicted octanol–water partition coefficient (Wildman–Crippen LogP) is 2.35. The zero-order chi connectivity index (χ0) is 13.5. The molecule has 1 aromatic rings. The van der Waals surface area contributed by atoms with Gasteiger partial charge in [0.05, 0.1) is 5.56 Å². The van der Waals surface area contributed by atoms with Gasteiger partial charge in [0, 0.05) is 9.75 Å². The van der Waals surface area contributed by atoms with Crippen LogP contribution in [0.2, 0.25) is 0 Å². The monoisotopic (exact) mass is 267 g/mol. The molecule has 1 aliphatic rings. The minimum atomic E-state index is -1.14. The molecule has 18 heavy (non-hydrogen) atoms. The number of carbonyl (C=O) groups is 2. The fraction of sp³-hybridized carbons (Fsp3) is 0.538. The third-order valence-corrected chi connectivity index (χ3v) is 4.46. The van der Waals surface area contributed by atoms with E-state index in [0.29, 0.717) is 5.56 Å². The van der Waals surface area contributed by atoms with Crippen molar-refractivity contribution in [3.05, 3.63) is 21.4 Å². The lowest BCUT2D eigenvalue weighted by molar-refractivity contribution is -0.144. The maximum absolute atomic E-state index is 12.2. The number of thiophene rings is 1. The van der Waals surface area contributed by atoms with Crippen LogP contribution in [0.3, 0.4) is 0 Å². The summed E-state index contributed by atoms with van der Waals surface area (Å²) >= 11 is 1.55. The van der Waals surface area contributed by atoms with Crippen LogP contribution in [0.15, 0.2) is 6.07 Å². The maximum atomic E-state index is 12.2. The Labute approximate surface area is 110 Å². The summed E-state index contributed by atoms with van der Waals surface area (Å²) in [4.78, 5) is 25.5. The Balaban J connectivity index is 2.20. The Morgan fingerprint density at radius 3 is 2.44 bits per heavy atom. The highest BCUT2D eigenvalue weighted by molar-refractivity contribution is 7.12. The van der Waals surface area contributed by atoms with Crippen LogP contribution in [0.4, 0.5) is 0 Å². The third-order valence-electron chi connectivity index (χ3n) is 3.50. The van der Waals surface area contributed by atoms with Crippen LogP contribution < -0.4 is 5.32 Å². The lowest BCUT2D eigenvalue weighted by Crippen LogP contribution is -2.54. The smallest absolute Gasteiger partial charge is 0.329 e. The molecule has 4 nitrogen and oxygen atoms in total. The molecule has 1 saturated carbocycles. The number of hydrogen-bond acceptors (Lipinski definition) is 3. The summed E-state index contributed by atoms with van der Waals surface area (Å²) in [5.41, 5.74) is -0.551. The molecule has 0 radical (unpaired) electrons. The number of carboxylic acids is 1. The second kappa shape index (κ2) is 4.39. The van der Waals surface area contributed by atoms with Crippen molar-refractivity contribution in [3.8, 4) is 0 Å². The van der Waals surface area contributed by atoms with E-state index >= 15 is 0 Å². The molecule has 0 aromatic carbocycles. The molecule has 0 aliphatic heterocycles. The lowest BCUT2D eigenvalue weighted by atomic mass is 9.95. The minimum Gasteiger partial charge on any atom is -0.480 e. The highest BCUT2D eigenvalue weighted by Crippen LogP contribution is 2.40. The molecule has 2 N–H and O–H groups in total. The van der Waals surface area contributed by atoms with Gasteiger partial charge in [-0.2, -0.15) is 0 Å². The summed E-state index contributed by atoms with van der Waals surface area (Å²) < 4.78 is 0. The van der Waals surface area contributed by atoms with Gasteiger partial charge in [-0.25, -0.2) is 4.79 Å². The van der Waals surface area contributed by atoms with Crippen LogP contribution in [-0.2, 0) is 4.79 Å². The summed E-state index contributed by atoms with van der Waals surface area (Å²) in [5.74, 6) is -1.18. The van der Waals surface area contributed by atoms with Crippen LogP contribution in [0.25, 0.3) is 0 Å². The average molecular weight is 267 g/mol. The SMILES string of the molecule is Cc1cc(C(=O)NC(C)(C(=O)O)C2CC2)c(C)s1. The van der Waals surface area contributed by atoms with Crippen molar-refractivity contribution in [2.45, 2.75) is 39.2 Å². The number of amides is 1. The first kappa shape index (κ1) is 13.1. The number of rotatable bonds is 4. The van der Waals surface area contributed by atoms with Crippen LogP contribution in [0, 0.1) is 19.8 Å². The summed E-state index contributed by atoms with van der Waals surface area (Å²) in [7, 11) is 0. The number of carboxylic acid groups (broad SMARTS) is 1. The van der Waals surface area contributed by atoms with Gasteiger partial charge in [0.2, 0.25) is 0 Å². The molecule has 0 spiro atoms. The molecule has 1 unspecified atom stereocenters. The van der Waals surface area contributed by atoms with Crippen LogP contribution in [0.1, 0.15) is 39.9 Å². The van der Waals surface area contributed by atoms with Gasteiger partial charge in [-0.05, 0) is 45.6 Å². The summed E-state index contributed by atoms with van der Waals surface area (Å²) in [6.45, 7) is 5.41. The van der Waals surface area contributed by atoms with Crippen molar-refractivity contribution in [1.82, 2.24) is 5.32 Å². The summed E-state index contributed by atoms with van der Waals surface area (Å²) in [5, 5.41) is 12.0. The van der Waals surface area contributed by atoms with Gasteiger partial charge in [-0.15, -0.1) is 11.3 Å². The van der Waals surface area contributed by atoms with Gasteiger partial charge in [0.25, 0.3) is 5.91 Å². The van der Waals surface area contributed by atoms with E-state index in [0.717, 1.165) is 22.6 Å². The van der Waals surface area contributed by atoms with Crippen molar-refractivity contribution in [3.63, 3.8) is 0 Å². The van der Waals surface area contributed by atoms with Crippen molar-refractivity contribution in [2.24, 2.45) is 5.92 Å². The Morgan fingerprint density at radius 1 is 1.44 bits per heavy atom. The van der Waals surface area contributed by atoms with E-state index in [4.69, 9.17) is 0 Å². The van der Waals surface area contributed by atoms with E-state index in [-0.39, 0.29) is 11.8 Å². The van der Waals surface area contributed by atoms with Crippen LogP contribution in [-0.4, -0.2) is 22.5 Å². The quantitative estimate of drug-likeness (QED) is 0.880. The number of carbonyl (C=O) groups excluding carboxylic acids is 1. The molecule has 1 amide bonds. The van der Waals surface area contributed by atoms with Gasteiger partial charge in [0.15, 0.2) is 0 Å². The molecule has 1 atom stereocenters. The fourth-order valence-electron chi connectivity index (χ4n) is 2.15. The molecule has 1 aliphatic carbocycles. The zero-order valence-electron chi connectivity index (χ0n) is 10.7. The number of aryl methyl sites for hydroxylation is 2. The zero-order valence-corrected chi connectivity index (χ0v) is 11.6. The highest BCUT2D eigenvalue weighted by atomic mass is 32.1. The topological polar surface area (TPSA) is 66.4 Å². The first-order valence-electron chi connectivity index (χ1n) is 5.97. The normalized spacial score (nSPS) is 18.2. The Kier molecular flexibility index (Phi) is 3.19. The number of aliphatic carboxylic acids is 1. The lowest BCUT2D eigenvalue weighted by Gasteiger charge is -2.26. The molecule has 1 fully saturated rings. The van der Waals surface area contributed by atoms with Crippen molar-refractivity contribution in [1.29, 1.82) is 0 Å². The Bertz CT molecular complexity index is 504. The maximum Gasteiger partial charge on any atom is 0.329 e. The highest BCUT2D eigenvalue weighted by Gasteiger charge is 2.48. The first-order valence-corrected chi connectivity index (χ1v) is 6.79. The average Bonchev–Trinajstić information content (AvgIpc) is 3.04. The van der Waals surface area contributed by atoms with Gasteiger partial charge in [-0.1, -0.05) is 0 Å². The summed E-state index contributed by atoms with van der Waals surface area (Å²) in [6, 6.07) is 1.81. The van der Waals surface area contributed by atoms with E-state index in [9.17, 15) is 14.7 Å². The second-order valence-corrected chi connectivity index (χ2v) is 6.52. The summed E-state index contributed by atoms with van der Waals surface area (Å²) in [6.07, 6.45) is 1.73. The third kappa shape index (κ3) is 2.27. The molecule has 1 aromatic heterocycles. The van der Waals surface area contributed by atoms with Crippen LogP contribution in [0.5, 0.6) is 0 Å². The van der Waals surface area contributed by atoms with Crippen molar-refractivity contribution >= 4 is 23.2 Å². The molecule has 1 heterocycles. The van der Waals surface area contributed by atoms with E-state index in [2.05, 4.69) is 5.32 Å². The van der Waals surface area contributed by atoms with Gasteiger partial charge >= 0.3 is 5.97 Å². The molecule has 2 rings (SSSR count).